The lowest BCUT2D eigenvalue weighted by atomic mass is 9.94. The summed E-state index contributed by atoms with van der Waals surface area (Å²) in [4.78, 5) is 30.5. The maximum atomic E-state index is 13.4. The van der Waals surface area contributed by atoms with E-state index in [4.69, 9.17) is 18.9 Å². The second-order valence-corrected chi connectivity index (χ2v) is 9.52. The van der Waals surface area contributed by atoms with E-state index in [0.29, 0.717) is 55.4 Å². The van der Waals surface area contributed by atoms with E-state index in [9.17, 15) is 14.7 Å². The molecular formula is C28H32N2O7. The smallest absolute Gasteiger partial charge is 0.295 e. The molecular weight excluding hydrogens is 476 g/mol. The van der Waals surface area contributed by atoms with Crippen molar-refractivity contribution in [1.29, 1.82) is 0 Å². The van der Waals surface area contributed by atoms with Crippen LogP contribution in [0.4, 0.5) is 0 Å². The third-order valence-corrected chi connectivity index (χ3v) is 7.19. The summed E-state index contributed by atoms with van der Waals surface area (Å²) in [5.74, 6) is 0.240. The molecule has 2 saturated heterocycles. The standard InChI is InChI=1S/C28H32N2O7/c1-17-14-20-15-19(5-6-21(20)37-17)26(31)24-25(18-4-7-22(34-2)23(16-18)35-3)30(28(33)27(24)32)9-8-29-10-12-36-13-11-29/h4-7,15-17,25,31H,8-14H2,1-3H3/t17-,25+/m0/s1. The molecule has 9 nitrogen and oxygen atoms in total. The number of morpholine rings is 1. The van der Waals surface area contributed by atoms with Gasteiger partial charge in [-0.25, -0.2) is 0 Å². The summed E-state index contributed by atoms with van der Waals surface area (Å²) in [6.07, 6.45) is 0.758. The number of amides is 1. The summed E-state index contributed by atoms with van der Waals surface area (Å²) < 4.78 is 22.1. The van der Waals surface area contributed by atoms with Gasteiger partial charge in [0.25, 0.3) is 11.7 Å². The van der Waals surface area contributed by atoms with E-state index in [1.54, 1.807) is 42.3 Å². The van der Waals surface area contributed by atoms with Gasteiger partial charge in [0.15, 0.2) is 11.5 Å². The Morgan fingerprint density at radius 2 is 1.78 bits per heavy atom. The number of ketones is 1. The lowest BCUT2D eigenvalue weighted by Crippen LogP contribution is -2.42. The molecule has 3 aliphatic rings. The molecule has 2 atom stereocenters. The topological polar surface area (TPSA) is 97.8 Å². The number of aliphatic hydroxyl groups excluding tert-OH is 1. The highest BCUT2D eigenvalue weighted by molar-refractivity contribution is 6.46. The van der Waals surface area contributed by atoms with Gasteiger partial charge < -0.3 is 29.0 Å². The molecule has 2 fully saturated rings. The van der Waals surface area contributed by atoms with Gasteiger partial charge in [-0.2, -0.15) is 0 Å². The minimum atomic E-state index is -0.774. The minimum absolute atomic E-state index is 0.0462. The first-order valence-corrected chi connectivity index (χ1v) is 12.5. The zero-order chi connectivity index (χ0) is 26.1. The zero-order valence-corrected chi connectivity index (χ0v) is 21.4. The van der Waals surface area contributed by atoms with Crippen LogP contribution in [0.1, 0.15) is 29.7 Å². The highest BCUT2D eigenvalue weighted by Gasteiger charge is 2.46. The van der Waals surface area contributed by atoms with Crippen LogP contribution in [0.2, 0.25) is 0 Å². The number of likely N-dealkylation sites (tertiary alicyclic amines) is 1. The lowest BCUT2D eigenvalue weighted by Gasteiger charge is -2.31. The summed E-state index contributed by atoms with van der Waals surface area (Å²) in [6.45, 7) is 5.71. The molecule has 2 aromatic rings. The Morgan fingerprint density at radius 3 is 2.51 bits per heavy atom. The average molecular weight is 509 g/mol. The molecule has 0 radical (unpaired) electrons. The quantitative estimate of drug-likeness (QED) is 0.347. The number of carbonyl (C=O) groups is 2. The Morgan fingerprint density at radius 1 is 1.03 bits per heavy atom. The predicted octanol–water partition coefficient (Wildman–Crippen LogP) is 2.78. The highest BCUT2D eigenvalue weighted by Crippen LogP contribution is 2.42. The summed E-state index contributed by atoms with van der Waals surface area (Å²) in [6, 6.07) is 9.87. The van der Waals surface area contributed by atoms with E-state index in [1.807, 2.05) is 13.0 Å². The number of carbonyl (C=O) groups excluding carboxylic acids is 2. The van der Waals surface area contributed by atoms with Crippen molar-refractivity contribution in [3.63, 3.8) is 0 Å². The molecule has 0 bridgehead atoms. The molecule has 0 unspecified atom stereocenters. The van der Waals surface area contributed by atoms with Crippen LogP contribution in [0.5, 0.6) is 17.2 Å². The summed E-state index contributed by atoms with van der Waals surface area (Å²) >= 11 is 0. The molecule has 0 aromatic heterocycles. The predicted molar refractivity (Wildman–Crippen MR) is 136 cm³/mol. The molecule has 2 aromatic carbocycles. The van der Waals surface area contributed by atoms with Gasteiger partial charge in [-0.3, -0.25) is 14.5 Å². The van der Waals surface area contributed by atoms with Gasteiger partial charge in [0.1, 0.15) is 17.6 Å². The van der Waals surface area contributed by atoms with E-state index in [2.05, 4.69) is 4.90 Å². The SMILES string of the molecule is COc1ccc([C@@H]2C(=C(O)c3ccc4c(c3)C[C@H](C)O4)C(=O)C(=O)N2CCN2CCOCC2)cc1OC. The Bertz CT molecular complexity index is 1240. The highest BCUT2D eigenvalue weighted by atomic mass is 16.5. The number of benzene rings is 2. The van der Waals surface area contributed by atoms with Crippen molar-refractivity contribution in [2.45, 2.75) is 25.5 Å². The number of rotatable bonds is 7. The molecule has 5 rings (SSSR count). The number of ether oxygens (including phenoxy) is 4. The molecule has 3 heterocycles. The van der Waals surface area contributed by atoms with Crippen LogP contribution < -0.4 is 14.2 Å². The second-order valence-electron chi connectivity index (χ2n) is 9.52. The van der Waals surface area contributed by atoms with Gasteiger partial charge in [0.2, 0.25) is 0 Å². The van der Waals surface area contributed by atoms with E-state index in [-0.39, 0.29) is 17.4 Å². The summed E-state index contributed by atoms with van der Waals surface area (Å²) in [5, 5.41) is 11.5. The van der Waals surface area contributed by atoms with Crippen LogP contribution in [0.3, 0.4) is 0 Å². The zero-order valence-electron chi connectivity index (χ0n) is 21.4. The molecule has 0 saturated carbocycles. The van der Waals surface area contributed by atoms with Crippen molar-refractivity contribution in [2.24, 2.45) is 0 Å². The number of hydrogen-bond donors (Lipinski definition) is 1. The van der Waals surface area contributed by atoms with Gasteiger partial charge in [-0.05, 0) is 48.4 Å². The van der Waals surface area contributed by atoms with E-state index >= 15 is 0 Å². The number of Topliss-reactive ketones (excluding diaryl/α,β-unsaturated/α-hetero) is 1. The van der Waals surface area contributed by atoms with E-state index in [0.717, 1.165) is 24.4 Å². The van der Waals surface area contributed by atoms with Gasteiger partial charge in [0.05, 0.1) is 39.0 Å². The number of fused-ring (bicyclic) bond motifs is 1. The maximum Gasteiger partial charge on any atom is 0.295 e. The normalized spacial score (nSPS) is 23.2. The van der Waals surface area contributed by atoms with Crippen molar-refractivity contribution < 1.29 is 33.6 Å². The second kappa shape index (κ2) is 10.4. The molecule has 9 heteroatoms. The maximum absolute atomic E-state index is 13.4. The average Bonchev–Trinajstić information content (AvgIpc) is 3.42. The first-order chi connectivity index (χ1) is 17.9. The van der Waals surface area contributed by atoms with Crippen LogP contribution in [0, 0.1) is 0 Å². The fraction of sp³-hybridized carbons (Fsp3) is 0.429. The first-order valence-electron chi connectivity index (χ1n) is 12.5. The van der Waals surface area contributed by atoms with Crippen molar-refractivity contribution in [1.82, 2.24) is 9.80 Å². The largest absolute Gasteiger partial charge is 0.507 e. The van der Waals surface area contributed by atoms with Crippen molar-refractivity contribution in [3.8, 4) is 17.2 Å². The molecule has 3 aliphatic heterocycles. The molecule has 1 amide bonds. The third kappa shape index (κ3) is 4.76. The van der Waals surface area contributed by atoms with Crippen LogP contribution >= 0.6 is 0 Å². The van der Waals surface area contributed by atoms with Crippen molar-refractivity contribution in [2.75, 3.05) is 53.6 Å². The van der Waals surface area contributed by atoms with Crippen LogP contribution in [0.15, 0.2) is 42.0 Å². The fourth-order valence-corrected chi connectivity index (χ4v) is 5.28. The number of methoxy groups -OCH3 is 2. The van der Waals surface area contributed by atoms with Crippen LogP contribution in [0.25, 0.3) is 5.76 Å². The van der Waals surface area contributed by atoms with Crippen LogP contribution in [-0.2, 0) is 20.7 Å². The van der Waals surface area contributed by atoms with Gasteiger partial charge in [-0.1, -0.05) is 6.07 Å². The lowest BCUT2D eigenvalue weighted by molar-refractivity contribution is -0.140. The molecule has 196 valence electrons. The first kappa shape index (κ1) is 25.1. The minimum Gasteiger partial charge on any atom is -0.507 e. The fourth-order valence-electron chi connectivity index (χ4n) is 5.28. The van der Waals surface area contributed by atoms with E-state index in [1.165, 1.54) is 7.11 Å². The number of nitrogens with zero attached hydrogens (tertiary/aromatic N) is 2. The molecule has 0 aliphatic carbocycles. The summed E-state index contributed by atoms with van der Waals surface area (Å²) in [5.41, 5.74) is 2.15. The third-order valence-electron chi connectivity index (χ3n) is 7.19. The van der Waals surface area contributed by atoms with Gasteiger partial charge in [0, 0.05) is 38.2 Å². The summed E-state index contributed by atoms with van der Waals surface area (Å²) in [7, 11) is 3.08. The Labute approximate surface area is 216 Å². The van der Waals surface area contributed by atoms with Gasteiger partial charge >= 0.3 is 0 Å². The van der Waals surface area contributed by atoms with Crippen molar-refractivity contribution in [3.05, 3.63) is 58.7 Å². The monoisotopic (exact) mass is 508 g/mol. The molecule has 1 N–H and O–H groups in total. The van der Waals surface area contributed by atoms with Crippen molar-refractivity contribution >= 4 is 17.4 Å². The van der Waals surface area contributed by atoms with E-state index < -0.39 is 17.7 Å². The number of hydrogen-bond acceptors (Lipinski definition) is 8. The molecule has 37 heavy (non-hydrogen) atoms. The molecule has 0 spiro atoms. The van der Waals surface area contributed by atoms with Crippen LogP contribution in [-0.4, -0.2) is 86.3 Å². The Kier molecular flexibility index (Phi) is 7.08. The Hall–Kier alpha value is -3.56. The number of aliphatic hydroxyl groups is 1. The van der Waals surface area contributed by atoms with Gasteiger partial charge in [-0.15, -0.1) is 0 Å². The Balaban J connectivity index is 1.56.